The van der Waals surface area contributed by atoms with Crippen LogP contribution in [-0.4, -0.2) is 67.5 Å². The van der Waals surface area contributed by atoms with E-state index in [4.69, 9.17) is 14.2 Å². The lowest BCUT2D eigenvalue weighted by atomic mass is 10.1. The molecule has 2 aliphatic rings. The van der Waals surface area contributed by atoms with Gasteiger partial charge in [0.25, 0.3) is 0 Å². The number of pyridine rings is 1. The highest BCUT2D eigenvalue weighted by molar-refractivity contribution is 14.0. The van der Waals surface area contributed by atoms with Gasteiger partial charge in [0.15, 0.2) is 5.96 Å². The van der Waals surface area contributed by atoms with E-state index in [1.165, 1.54) is 0 Å². The maximum Gasteiger partial charge on any atom is 0.213 e. The van der Waals surface area contributed by atoms with Gasteiger partial charge in [-0.15, -0.1) is 24.0 Å². The fourth-order valence-corrected chi connectivity index (χ4v) is 3.33. The molecule has 3 heterocycles. The Balaban J connectivity index is 0.00000261. The molecule has 0 amide bonds. The number of hydrogen-bond acceptors (Lipinski definition) is 5. The average Bonchev–Trinajstić information content (AvgIpc) is 3.18. The zero-order chi connectivity index (χ0) is 18.4. The van der Waals surface area contributed by atoms with Crippen molar-refractivity contribution in [2.75, 3.05) is 33.4 Å². The lowest BCUT2D eigenvalue weighted by Gasteiger charge is -2.37. The van der Waals surface area contributed by atoms with Gasteiger partial charge in [0.2, 0.25) is 5.88 Å². The minimum Gasteiger partial charge on any atom is -0.475 e. The summed E-state index contributed by atoms with van der Waals surface area (Å²) < 4.78 is 17.3. The van der Waals surface area contributed by atoms with Gasteiger partial charge >= 0.3 is 0 Å². The van der Waals surface area contributed by atoms with Crippen LogP contribution < -0.4 is 10.1 Å². The van der Waals surface area contributed by atoms with Crippen molar-refractivity contribution in [2.24, 2.45) is 4.99 Å². The molecule has 1 aromatic heterocycles. The average molecular weight is 490 g/mol. The summed E-state index contributed by atoms with van der Waals surface area (Å²) in [6, 6.07) is 3.93. The zero-order valence-electron chi connectivity index (χ0n) is 16.4. The first kappa shape index (κ1) is 22.2. The quantitative estimate of drug-likeness (QED) is 0.389. The SMILES string of the molecule is CN=C(NCc1ccc(OC(C)C)nc1)N1CCOC(C2CCCO2)C1.I. The topological polar surface area (TPSA) is 68.2 Å². The van der Waals surface area contributed by atoms with Gasteiger partial charge in [-0.25, -0.2) is 4.98 Å². The first-order valence-corrected chi connectivity index (χ1v) is 9.46. The van der Waals surface area contributed by atoms with Crippen LogP contribution >= 0.6 is 24.0 Å². The monoisotopic (exact) mass is 490 g/mol. The van der Waals surface area contributed by atoms with E-state index in [9.17, 15) is 0 Å². The van der Waals surface area contributed by atoms with Crippen LogP contribution in [0.25, 0.3) is 0 Å². The molecular formula is C19H31IN4O3. The molecule has 2 unspecified atom stereocenters. The minimum absolute atomic E-state index is 0. The van der Waals surface area contributed by atoms with Crippen LogP contribution in [0.4, 0.5) is 0 Å². The van der Waals surface area contributed by atoms with Crippen LogP contribution in [0.5, 0.6) is 5.88 Å². The van der Waals surface area contributed by atoms with E-state index in [-0.39, 0.29) is 42.3 Å². The molecule has 1 N–H and O–H groups in total. The number of rotatable bonds is 5. The molecule has 1 aromatic rings. The first-order valence-electron chi connectivity index (χ1n) is 9.46. The number of halogens is 1. The van der Waals surface area contributed by atoms with Crippen LogP contribution in [0.2, 0.25) is 0 Å². The van der Waals surface area contributed by atoms with E-state index in [0.29, 0.717) is 19.0 Å². The lowest BCUT2D eigenvalue weighted by molar-refractivity contribution is -0.0817. The Labute approximate surface area is 178 Å². The molecule has 8 heteroatoms. The number of morpholine rings is 1. The molecule has 152 valence electrons. The summed E-state index contributed by atoms with van der Waals surface area (Å²) in [5.74, 6) is 1.54. The highest BCUT2D eigenvalue weighted by Gasteiger charge is 2.32. The highest BCUT2D eigenvalue weighted by atomic mass is 127. The van der Waals surface area contributed by atoms with Crippen molar-refractivity contribution in [2.45, 2.75) is 51.5 Å². The highest BCUT2D eigenvalue weighted by Crippen LogP contribution is 2.21. The number of aliphatic imine (C=N–C) groups is 1. The number of guanidine groups is 1. The molecule has 0 bridgehead atoms. The minimum atomic E-state index is 0. The predicted octanol–water partition coefficient (Wildman–Crippen LogP) is 2.44. The second kappa shape index (κ2) is 11.0. The van der Waals surface area contributed by atoms with Crippen LogP contribution in [0.15, 0.2) is 23.3 Å². The number of aromatic nitrogens is 1. The van der Waals surface area contributed by atoms with Crippen LogP contribution in [-0.2, 0) is 16.0 Å². The molecule has 0 spiro atoms. The summed E-state index contributed by atoms with van der Waals surface area (Å²) in [7, 11) is 1.82. The van der Waals surface area contributed by atoms with E-state index in [1.54, 1.807) is 0 Å². The van der Waals surface area contributed by atoms with Gasteiger partial charge in [-0.2, -0.15) is 0 Å². The van der Waals surface area contributed by atoms with Crippen molar-refractivity contribution in [3.63, 3.8) is 0 Å². The molecule has 7 nitrogen and oxygen atoms in total. The molecule has 0 radical (unpaired) electrons. The van der Waals surface area contributed by atoms with Crippen molar-refractivity contribution < 1.29 is 14.2 Å². The number of hydrogen-bond donors (Lipinski definition) is 1. The molecule has 27 heavy (non-hydrogen) atoms. The Hall–Kier alpha value is -1.13. The molecule has 0 saturated carbocycles. The van der Waals surface area contributed by atoms with E-state index in [2.05, 4.69) is 20.2 Å². The Morgan fingerprint density at radius 3 is 2.78 bits per heavy atom. The van der Waals surface area contributed by atoms with Gasteiger partial charge in [-0.05, 0) is 32.3 Å². The fraction of sp³-hybridized carbons (Fsp3) is 0.684. The van der Waals surface area contributed by atoms with Gasteiger partial charge < -0.3 is 24.4 Å². The molecule has 2 saturated heterocycles. The normalized spacial score (nSPS) is 23.3. The third-order valence-corrected chi connectivity index (χ3v) is 4.59. The van der Waals surface area contributed by atoms with Crippen LogP contribution in [0, 0.1) is 0 Å². The Bertz CT molecular complexity index is 591. The van der Waals surface area contributed by atoms with Crippen molar-refractivity contribution >= 4 is 29.9 Å². The van der Waals surface area contributed by atoms with Crippen molar-refractivity contribution in [1.29, 1.82) is 0 Å². The molecule has 3 rings (SSSR count). The van der Waals surface area contributed by atoms with Gasteiger partial charge in [0.1, 0.15) is 6.10 Å². The molecule has 2 atom stereocenters. The molecule has 2 aliphatic heterocycles. The van der Waals surface area contributed by atoms with E-state index >= 15 is 0 Å². The number of nitrogens with zero attached hydrogens (tertiary/aromatic N) is 3. The zero-order valence-corrected chi connectivity index (χ0v) is 18.7. The number of nitrogens with one attached hydrogen (secondary N) is 1. The van der Waals surface area contributed by atoms with E-state index in [1.807, 2.05) is 39.2 Å². The van der Waals surface area contributed by atoms with Crippen LogP contribution in [0.3, 0.4) is 0 Å². The van der Waals surface area contributed by atoms with Crippen molar-refractivity contribution in [3.05, 3.63) is 23.9 Å². The third kappa shape index (κ3) is 6.46. The Morgan fingerprint density at radius 1 is 1.33 bits per heavy atom. The number of ether oxygens (including phenoxy) is 3. The van der Waals surface area contributed by atoms with Crippen molar-refractivity contribution in [1.82, 2.24) is 15.2 Å². The lowest BCUT2D eigenvalue weighted by Crippen LogP contribution is -2.53. The first-order chi connectivity index (χ1) is 12.7. The summed E-state index contributed by atoms with van der Waals surface area (Å²) in [6.07, 6.45) is 4.52. The van der Waals surface area contributed by atoms with Gasteiger partial charge in [-0.3, -0.25) is 4.99 Å². The second-order valence-corrected chi connectivity index (χ2v) is 6.98. The summed E-state index contributed by atoms with van der Waals surface area (Å²) in [5, 5.41) is 3.43. The Kier molecular flexibility index (Phi) is 9.04. The molecule has 0 aliphatic carbocycles. The van der Waals surface area contributed by atoms with E-state index < -0.39 is 0 Å². The summed E-state index contributed by atoms with van der Waals surface area (Å²) in [4.78, 5) is 11.0. The molecule has 2 fully saturated rings. The smallest absolute Gasteiger partial charge is 0.213 e. The summed E-state index contributed by atoms with van der Waals surface area (Å²) >= 11 is 0. The Morgan fingerprint density at radius 2 is 2.15 bits per heavy atom. The maximum absolute atomic E-state index is 5.92. The molecule has 0 aromatic carbocycles. The predicted molar refractivity (Wildman–Crippen MR) is 116 cm³/mol. The van der Waals surface area contributed by atoms with Gasteiger partial charge in [0.05, 0.1) is 18.8 Å². The third-order valence-electron chi connectivity index (χ3n) is 4.59. The molecular weight excluding hydrogens is 459 g/mol. The second-order valence-electron chi connectivity index (χ2n) is 6.98. The van der Waals surface area contributed by atoms with Gasteiger partial charge in [0, 0.05) is 45.6 Å². The summed E-state index contributed by atoms with van der Waals surface area (Å²) in [6.45, 7) is 7.85. The standard InChI is InChI=1S/C19H30N4O3.HI/c1-14(2)26-18-7-6-15(11-21-18)12-22-19(20-3)23-8-10-25-17(13-23)16-5-4-9-24-16;/h6-7,11,14,16-17H,4-5,8-10,12-13H2,1-3H3,(H,20,22);1H. The van der Waals surface area contributed by atoms with E-state index in [0.717, 1.165) is 44.1 Å². The van der Waals surface area contributed by atoms with Crippen molar-refractivity contribution in [3.8, 4) is 5.88 Å². The van der Waals surface area contributed by atoms with Crippen LogP contribution in [0.1, 0.15) is 32.3 Å². The maximum atomic E-state index is 5.92. The fourth-order valence-electron chi connectivity index (χ4n) is 3.33. The summed E-state index contributed by atoms with van der Waals surface area (Å²) in [5.41, 5.74) is 1.09. The largest absolute Gasteiger partial charge is 0.475 e. The van der Waals surface area contributed by atoms with Gasteiger partial charge in [-0.1, -0.05) is 6.07 Å².